The molecule has 1 aliphatic heterocycles. The monoisotopic (exact) mass is 491 g/mol. The second-order valence-electron chi connectivity index (χ2n) is 7.75. The molecule has 5 rings (SSSR count). The molecule has 0 aliphatic carbocycles. The standard InChI is InChI=1S/C25H22FN5O3S/c1-33-19-13-11-18(12-14-19)27-24(32)23-22(16-7-9-17(26)10-8-16)30-31-21(28-29-25(31)35-23)15-34-20-5-3-2-4-6-20/h2-14,22-23,30H,15H2,1H3,(H,27,32)/t22-,23-/m1/s1. The molecule has 0 bridgehead atoms. The Morgan fingerprint density at radius 2 is 1.77 bits per heavy atom. The molecule has 2 N–H and O–H groups in total. The zero-order chi connectivity index (χ0) is 24.2. The lowest BCUT2D eigenvalue weighted by molar-refractivity contribution is -0.116. The molecular weight excluding hydrogens is 469 g/mol. The number of carbonyl (C=O) groups excluding carboxylic acids is 1. The fourth-order valence-corrected chi connectivity index (χ4v) is 4.76. The average Bonchev–Trinajstić information content (AvgIpc) is 3.30. The van der Waals surface area contributed by atoms with E-state index in [1.807, 2.05) is 30.3 Å². The van der Waals surface area contributed by atoms with Gasteiger partial charge in [0.05, 0.1) is 13.2 Å². The molecule has 3 aromatic carbocycles. The van der Waals surface area contributed by atoms with Crippen molar-refractivity contribution in [3.8, 4) is 11.5 Å². The summed E-state index contributed by atoms with van der Waals surface area (Å²) in [6.45, 7) is 0.184. The van der Waals surface area contributed by atoms with Gasteiger partial charge in [-0.1, -0.05) is 42.1 Å². The fraction of sp³-hybridized carbons (Fsp3) is 0.160. The third-order valence-electron chi connectivity index (χ3n) is 5.46. The van der Waals surface area contributed by atoms with E-state index in [2.05, 4.69) is 20.9 Å². The van der Waals surface area contributed by atoms with Crippen LogP contribution in [0.5, 0.6) is 11.5 Å². The summed E-state index contributed by atoms with van der Waals surface area (Å²) in [6, 6.07) is 22.1. The van der Waals surface area contributed by atoms with Gasteiger partial charge >= 0.3 is 0 Å². The molecule has 0 saturated carbocycles. The quantitative estimate of drug-likeness (QED) is 0.396. The molecule has 178 valence electrons. The van der Waals surface area contributed by atoms with Crippen molar-refractivity contribution in [2.75, 3.05) is 17.9 Å². The summed E-state index contributed by atoms with van der Waals surface area (Å²) in [6.07, 6.45) is 0. The molecule has 35 heavy (non-hydrogen) atoms. The van der Waals surface area contributed by atoms with E-state index in [1.165, 1.54) is 23.9 Å². The number of ether oxygens (including phenoxy) is 2. The van der Waals surface area contributed by atoms with Gasteiger partial charge in [-0.05, 0) is 54.1 Å². The number of anilines is 1. The van der Waals surface area contributed by atoms with Crippen molar-refractivity contribution in [2.45, 2.75) is 23.1 Å². The molecule has 1 amide bonds. The van der Waals surface area contributed by atoms with Gasteiger partial charge in [-0.3, -0.25) is 4.79 Å². The summed E-state index contributed by atoms with van der Waals surface area (Å²) < 4.78 is 26.4. The first-order valence-corrected chi connectivity index (χ1v) is 11.7. The number of hydrogen-bond donors (Lipinski definition) is 2. The predicted octanol–water partition coefficient (Wildman–Crippen LogP) is 4.40. The minimum absolute atomic E-state index is 0.184. The summed E-state index contributed by atoms with van der Waals surface area (Å²) >= 11 is 1.28. The fourth-order valence-electron chi connectivity index (χ4n) is 3.66. The maximum absolute atomic E-state index is 13.6. The van der Waals surface area contributed by atoms with Gasteiger partial charge in [-0.15, -0.1) is 10.2 Å². The Bertz CT molecular complexity index is 1300. The third-order valence-corrected chi connectivity index (χ3v) is 6.68. The molecule has 0 fully saturated rings. The number of thioether (sulfide) groups is 1. The van der Waals surface area contributed by atoms with Gasteiger partial charge in [-0.2, -0.15) is 0 Å². The second kappa shape index (κ2) is 10.1. The number of nitrogens with one attached hydrogen (secondary N) is 2. The van der Waals surface area contributed by atoms with Gasteiger partial charge in [0.25, 0.3) is 0 Å². The largest absolute Gasteiger partial charge is 0.497 e. The number of nitrogens with zero attached hydrogens (tertiary/aromatic N) is 3. The maximum Gasteiger partial charge on any atom is 0.240 e. The van der Waals surface area contributed by atoms with Crippen molar-refractivity contribution in [2.24, 2.45) is 0 Å². The van der Waals surface area contributed by atoms with Crippen LogP contribution in [0.25, 0.3) is 0 Å². The number of amides is 1. The lowest BCUT2D eigenvalue weighted by Crippen LogP contribution is -2.41. The van der Waals surface area contributed by atoms with E-state index in [0.29, 0.717) is 28.2 Å². The van der Waals surface area contributed by atoms with E-state index in [1.54, 1.807) is 48.2 Å². The van der Waals surface area contributed by atoms with E-state index in [-0.39, 0.29) is 18.3 Å². The number of rotatable bonds is 7. The minimum Gasteiger partial charge on any atom is -0.497 e. The Morgan fingerprint density at radius 1 is 1.03 bits per heavy atom. The molecule has 0 spiro atoms. The van der Waals surface area contributed by atoms with Crippen LogP contribution in [0.3, 0.4) is 0 Å². The van der Waals surface area contributed by atoms with Gasteiger partial charge in [0.1, 0.15) is 29.2 Å². The number of benzene rings is 3. The van der Waals surface area contributed by atoms with Gasteiger partial charge in [0.15, 0.2) is 5.82 Å². The molecule has 1 aromatic heterocycles. The molecule has 4 aromatic rings. The zero-order valence-corrected chi connectivity index (χ0v) is 19.5. The second-order valence-corrected chi connectivity index (χ2v) is 8.86. The Kier molecular flexibility index (Phi) is 6.53. The third kappa shape index (κ3) is 5.07. The van der Waals surface area contributed by atoms with E-state index < -0.39 is 11.3 Å². The van der Waals surface area contributed by atoms with Crippen LogP contribution in [0, 0.1) is 5.82 Å². The molecule has 0 unspecified atom stereocenters. The average molecular weight is 492 g/mol. The van der Waals surface area contributed by atoms with E-state index >= 15 is 0 Å². The van der Waals surface area contributed by atoms with Crippen LogP contribution >= 0.6 is 11.8 Å². The molecule has 10 heteroatoms. The molecule has 0 radical (unpaired) electrons. The first-order valence-electron chi connectivity index (χ1n) is 10.9. The molecule has 8 nitrogen and oxygen atoms in total. The molecule has 2 heterocycles. The summed E-state index contributed by atoms with van der Waals surface area (Å²) in [5.41, 5.74) is 4.73. The number of aromatic nitrogens is 3. The maximum atomic E-state index is 13.6. The van der Waals surface area contributed by atoms with Crippen LogP contribution in [0.4, 0.5) is 10.1 Å². The van der Waals surface area contributed by atoms with E-state index in [0.717, 1.165) is 5.56 Å². The summed E-state index contributed by atoms with van der Waals surface area (Å²) in [5.74, 6) is 1.38. The van der Waals surface area contributed by atoms with Crippen LogP contribution < -0.4 is 20.2 Å². The Balaban J connectivity index is 1.40. The van der Waals surface area contributed by atoms with Crippen LogP contribution in [-0.2, 0) is 11.4 Å². The summed E-state index contributed by atoms with van der Waals surface area (Å²) in [7, 11) is 1.58. The highest BCUT2D eigenvalue weighted by atomic mass is 32.2. The van der Waals surface area contributed by atoms with Crippen LogP contribution in [0.2, 0.25) is 0 Å². The Hall–Kier alpha value is -4.05. The van der Waals surface area contributed by atoms with Crippen molar-refractivity contribution in [1.29, 1.82) is 0 Å². The molecular formula is C25H22FN5O3S. The normalized spacial score (nSPS) is 16.6. The zero-order valence-electron chi connectivity index (χ0n) is 18.7. The van der Waals surface area contributed by atoms with E-state index in [4.69, 9.17) is 9.47 Å². The number of para-hydroxylation sites is 1. The van der Waals surface area contributed by atoms with Crippen molar-refractivity contribution < 1.29 is 18.7 Å². The number of methoxy groups -OCH3 is 1. The number of carbonyl (C=O) groups is 1. The lowest BCUT2D eigenvalue weighted by atomic mass is 10.0. The van der Waals surface area contributed by atoms with Crippen molar-refractivity contribution >= 4 is 23.4 Å². The predicted molar refractivity (Wildman–Crippen MR) is 131 cm³/mol. The molecule has 1 aliphatic rings. The highest BCUT2D eigenvalue weighted by Gasteiger charge is 2.38. The number of halogens is 1. The van der Waals surface area contributed by atoms with Gasteiger partial charge in [-0.25, -0.2) is 9.07 Å². The SMILES string of the molecule is COc1ccc(NC(=O)[C@@H]2Sc3nnc(COc4ccccc4)n3N[C@@H]2c2ccc(F)cc2)cc1. The molecule has 2 atom stereocenters. The first-order chi connectivity index (χ1) is 17.1. The Labute approximate surface area is 205 Å². The highest BCUT2D eigenvalue weighted by molar-refractivity contribution is 8.00. The van der Waals surface area contributed by atoms with Crippen LogP contribution in [0.15, 0.2) is 84.0 Å². The van der Waals surface area contributed by atoms with Crippen molar-refractivity contribution in [3.05, 3.63) is 96.1 Å². The number of fused-ring (bicyclic) bond motifs is 1. The Morgan fingerprint density at radius 3 is 2.49 bits per heavy atom. The van der Waals surface area contributed by atoms with Crippen LogP contribution in [-0.4, -0.2) is 33.1 Å². The molecule has 0 saturated heterocycles. The lowest BCUT2D eigenvalue weighted by Gasteiger charge is -2.33. The van der Waals surface area contributed by atoms with Crippen molar-refractivity contribution in [3.63, 3.8) is 0 Å². The van der Waals surface area contributed by atoms with Gasteiger partial charge in [0.2, 0.25) is 11.1 Å². The van der Waals surface area contributed by atoms with Gasteiger partial charge < -0.3 is 20.2 Å². The summed E-state index contributed by atoms with van der Waals surface area (Å²) in [5, 5.41) is 11.4. The van der Waals surface area contributed by atoms with Crippen molar-refractivity contribution in [1.82, 2.24) is 14.9 Å². The minimum atomic E-state index is -0.595. The summed E-state index contributed by atoms with van der Waals surface area (Å²) in [4.78, 5) is 13.3. The first kappa shape index (κ1) is 22.7. The van der Waals surface area contributed by atoms with E-state index in [9.17, 15) is 9.18 Å². The highest BCUT2D eigenvalue weighted by Crippen LogP contribution is 2.37. The van der Waals surface area contributed by atoms with Crippen LogP contribution in [0.1, 0.15) is 17.4 Å². The van der Waals surface area contributed by atoms with Gasteiger partial charge in [0, 0.05) is 5.69 Å². The topological polar surface area (TPSA) is 90.3 Å². The smallest absolute Gasteiger partial charge is 0.240 e. The number of hydrogen-bond acceptors (Lipinski definition) is 7.